The van der Waals surface area contributed by atoms with E-state index < -0.39 is 54.6 Å². The molecule has 0 spiro atoms. The van der Waals surface area contributed by atoms with Gasteiger partial charge in [-0.25, -0.2) is 18.7 Å². The highest BCUT2D eigenvalue weighted by molar-refractivity contribution is 7.80. The van der Waals surface area contributed by atoms with E-state index in [2.05, 4.69) is 30.8 Å². The molecule has 166 valence electrons. The van der Waals surface area contributed by atoms with Gasteiger partial charge in [-0.1, -0.05) is 0 Å². The monoisotopic (exact) mass is 516 g/mol. The van der Waals surface area contributed by atoms with Crippen molar-refractivity contribution in [3.8, 4) is 0 Å². The summed E-state index contributed by atoms with van der Waals surface area (Å²) in [6, 6.07) is 1.42. The highest BCUT2D eigenvalue weighted by Crippen LogP contribution is 2.66. The Labute approximate surface area is 172 Å². The number of phosphoric acid groups is 3. The molecule has 1 aromatic heterocycles. The molecule has 0 radical (unpaired) electrons. The molecule has 0 aliphatic carbocycles. The van der Waals surface area contributed by atoms with E-state index in [0.29, 0.717) is 0 Å². The molecule has 1 aliphatic rings. The van der Waals surface area contributed by atoms with Crippen LogP contribution >= 0.6 is 48.3 Å². The zero-order chi connectivity index (χ0) is 22.2. The molecule has 6 N–H and O–H groups in total. The Balaban J connectivity index is 2.05. The van der Waals surface area contributed by atoms with Gasteiger partial charge in [0.05, 0.1) is 11.6 Å². The number of aromatic nitrogens is 2. The van der Waals surface area contributed by atoms with Crippen molar-refractivity contribution in [1.29, 1.82) is 0 Å². The summed E-state index contributed by atoms with van der Waals surface area (Å²) in [5, 5.41) is 20.4. The van der Waals surface area contributed by atoms with Crippen molar-refractivity contribution in [2.24, 2.45) is 0 Å². The highest BCUT2D eigenvalue weighted by Gasteiger charge is 2.46. The predicted molar refractivity (Wildman–Crippen MR) is 96.1 cm³/mol. The highest BCUT2D eigenvalue weighted by atomic mass is 32.1. The summed E-state index contributed by atoms with van der Waals surface area (Å²) >= 11 is 8.98. The number of aliphatic hydroxyl groups excluding tert-OH is 2. The molecule has 1 aliphatic heterocycles. The number of hydrogen-bond acceptors (Lipinski definition) is 12. The lowest BCUT2D eigenvalue weighted by Gasteiger charge is -2.19. The number of aliphatic hydroxyl groups is 2. The lowest BCUT2D eigenvalue weighted by Crippen LogP contribution is -2.33. The molecule has 0 bridgehead atoms. The third kappa shape index (κ3) is 7.25. The van der Waals surface area contributed by atoms with Crippen molar-refractivity contribution < 1.29 is 61.4 Å². The fourth-order valence-corrected chi connectivity index (χ4v) is 5.69. The van der Waals surface area contributed by atoms with Crippen LogP contribution in [0.25, 0.3) is 0 Å². The van der Waals surface area contributed by atoms with Crippen molar-refractivity contribution in [1.82, 2.24) is 9.55 Å². The van der Waals surface area contributed by atoms with Crippen LogP contribution in [0.5, 0.6) is 0 Å². The van der Waals surface area contributed by atoms with E-state index in [-0.39, 0.29) is 9.80 Å². The molecule has 6 atom stereocenters. The maximum atomic E-state index is 11.7. The summed E-state index contributed by atoms with van der Waals surface area (Å²) in [7, 11) is -16.6. The van der Waals surface area contributed by atoms with Gasteiger partial charge in [-0.3, -0.25) is 9.09 Å². The summed E-state index contributed by atoms with van der Waals surface area (Å²) in [6.07, 6.45) is -4.54. The molecular weight excluding hydrogens is 501 g/mol. The van der Waals surface area contributed by atoms with Gasteiger partial charge in [-0.2, -0.15) is 8.62 Å². The summed E-state index contributed by atoms with van der Waals surface area (Å²) in [6.45, 7) is -0.941. The Morgan fingerprint density at radius 3 is 2.31 bits per heavy atom. The minimum atomic E-state index is -5.68. The van der Waals surface area contributed by atoms with Crippen molar-refractivity contribution in [2.75, 3.05) is 6.61 Å². The molecule has 20 heteroatoms. The fraction of sp³-hybridized carbons (Fsp3) is 0.556. The van der Waals surface area contributed by atoms with E-state index >= 15 is 0 Å². The maximum absolute atomic E-state index is 11.7. The van der Waals surface area contributed by atoms with Crippen LogP contribution in [0.1, 0.15) is 6.23 Å². The van der Waals surface area contributed by atoms with Crippen LogP contribution in [0, 0.1) is 4.77 Å². The van der Waals surface area contributed by atoms with Crippen LogP contribution in [-0.2, 0) is 31.6 Å². The van der Waals surface area contributed by atoms with E-state index in [4.69, 9.17) is 31.6 Å². The van der Waals surface area contributed by atoms with E-state index in [0.717, 1.165) is 0 Å². The van der Waals surface area contributed by atoms with Crippen molar-refractivity contribution in [3.05, 3.63) is 17.0 Å². The van der Waals surface area contributed by atoms with Gasteiger partial charge in [0, 0.05) is 6.20 Å². The zero-order valence-electron chi connectivity index (χ0n) is 13.8. The molecule has 29 heavy (non-hydrogen) atoms. The molecule has 15 nitrogen and oxygen atoms in total. The molecule has 1 saturated heterocycles. The molecule has 1 aromatic rings. The molecule has 0 aromatic carbocycles. The van der Waals surface area contributed by atoms with Gasteiger partial charge < -0.3 is 34.5 Å². The van der Waals surface area contributed by atoms with Crippen LogP contribution in [0.4, 0.5) is 0 Å². The molecule has 0 amide bonds. The summed E-state index contributed by atoms with van der Waals surface area (Å²) < 4.78 is 51.5. The van der Waals surface area contributed by atoms with Crippen LogP contribution in [-0.4, -0.2) is 64.3 Å². The van der Waals surface area contributed by atoms with Gasteiger partial charge in [0.1, 0.15) is 18.3 Å². The van der Waals surface area contributed by atoms with Gasteiger partial charge in [-0.15, -0.1) is 12.6 Å². The number of ether oxygens (including phenoxy) is 1. The Morgan fingerprint density at radius 2 is 1.76 bits per heavy atom. The SMILES string of the molecule is O=P(O)(O)OP(=O)(O)OP(=O)(O)OC[C@H]1O[C@@H](n2ccc(S)nc2=S)[C@@H](O)C1O. The maximum Gasteiger partial charge on any atom is 0.490 e. The van der Waals surface area contributed by atoms with Crippen molar-refractivity contribution in [3.63, 3.8) is 0 Å². The minimum Gasteiger partial charge on any atom is -0.387 e. The first-order valence-corrected chi connectivity index (χ1v) is 12.6. The van der Waals surface area contributed by atoms with E-state index in [1.165, 1.54) is 16.8 Å². The minimum absolute atomic E-state index is 0.0534. The zero-order valence-corrected chi connectivity index (χ0v) is 18.2. The Kier molecular flexibility index (Phi) is 8.00. The standard InChI is InChI=1S/C9H15N2O13P3S2/c12-6-4(3-21-26(17,18)24-27(19,20)23-25(14,15)16)22-8(7(6)13)11-2-1-5(28)10-9(11)29/h1-2,4,6-8,12-13H,3H2,(H,17,18)(H,19,20)(H,10,28,29)(H2,14,15,16)/t4-,6?,7+,8-/m1/s1. The van der Waals surface area contributed by atoms with E-state index in [1.54, 1.807) is 0 Å². The lowest BCUT2D eigenvalue weighted by atomic mass is 10.1. The second kappa shape index (κ2) is 9.20. The van der Waals surface area contributed by atoms with Crippen molar-refractivity contribution >= 4 is 48.3 Å². The third-order valence-corrected chi connectivity index (χ3v) is 7.60. The van der Waals surface area contributed by atoms with Crippen molar-refractivity contribution in [2.45, 2.75) is 29.6 Å². The third-order valence-electron chi connectivity index (χ3n) is 3.24. The fourth-order valence-electron chi connectivity index (χ4n) is 2.17. The Hall–Kier alpha value is -0.0600. The molecule has 3 unspecified atom stereocenters. The van der Waals surface area contributed by atoms with E-state index in [9.17, 15) is 28.8 Å². The van der Waals surface area contributed by atoms with Gasteiger partial charge in [0.25, 0.3) is 0 Å². The van der Waals surface area contributed by atoms with Crippen LogP contribution in [0.3, 0.4) is 0 Å². The topological polar surface area (TPSA) is 227 Å². The molecule has 2 rings (SSSR count). The smallest absolute Gasteiger partial charge is 0.387 e. The molecule has 2 heterocycles. The van der Waals surface area contributed by atoms with Gasteiger partial charge in [-0.05, 0) is 18.3 Å². The molecular formula is C9H15N2O13P3S2. The summed E-state index contributed by atoms with van der Waals surface area (Å²) in [5.74, 6) is 0. The number of hydrogen-bond donors (Lipinski definition) is 7. The van der Waals surface area contributed by atoms with Gasteiger partial charge in [0.2, 0.25) is 4.77 Å². The predicted octanol–water partition coefficient (Wildman–Crippen LogP) is -0.136. The molecule has 0 saturated carbocycles. The average Bonchev–Trinajstić information content (AvgIpc) is 2.78. The van der Waals surface area contributed by atoms with Crippen LogP contribution < -0.4 is 0 Å². The van der Waals surface area contributed by atoms with Gasteiger partial charge >= 0.3 is 23.5 Å². The first-order valence-electron chi connectivity index (χ1n) is 7.18. The Bertz CT molecular complexity index is 952. The number of nitrogens with zero attached hydrogens (tertiary/aromatic N) is 2. The first kappa shape index (κ1) is 25.2. The van der Waals surface area contributed by atoms with Crippen LogP contribution in [0.2, 0.25) is 0 Å². The normalized spacial score (nSPS) is 29.3. The largest absolute Gasteiger partial charge is 0.490 e. The number of thiol groups is 1. The second-order valence-corrected chi connectivity index (χ2v) is 10.7. The first-order chi connectivity index (χ1) is 13.1. The Morgan fingerprint density at radius 1 is 1.14 bits per heavy atom. The number of rotatable bonds is 8. The second-order valence-electron chi connectivity index (χ2n) is 5.41. The van der Waals surface area contributed by atoms with Crippen LogP contribution in [0.15, 0.2) is 17.3 Å². The summed E-state index contributed by atoms with van der Waals surface area (Å²) in [5.41, 5.74) is 0. The average molecular weight is 516 g/mol. The van der Waals surface area contributed by atoms with E-state index in [1.807, 2.05) is 0 Å². The molecule has 1 fully saturated rings. The lowest BCUT2D eigenvalue weighted by molar-refractivity contribution is -0.0534. The van der Waals surface area contributed by atoms with Gasteiger partial charge in [0.15, 0.2) is 6.23 Å². The quantitative estimate of drug-likeness (QED) is 0.103. The summed E-state index contributed by atoms with van der Waals surface area (Å²) in [4.78, 5) is 39.3. The number of phosphoric ester groups is 1.